The maximum absolute atomic E-state index is 12.6. The van der Waals surface area contributed by atoms with Crippen LogP contribution in [-0.2, 0) is 12.3 Å². The molecule has 0 amide bonds. The molecule has 2 heterocycles. The van der Waals surface area contributed by atoms with Gasteiger partial charge in [-0.15, -0.1) is 0 Å². The topological polar surface area (TPSA) is 47.8 Å². The van der Waals surface area contributed by atoms with E-state index in [0.717, 1.165) is 20.8 Å². The van der Waals surface area contributed by atoms with Crippen molar-refractivity contribution in [2.24, 2.45) is 0 Å². The van der Waals surface area contributed by atoms with Crippen molar-refractivity contribution in [3.05, 3.63) is 63.1 Å². The standard InChI is InChI=1S/C16H14BrN3OS/c1-2-20-15(21)13-9-11(17)6-7-14(13)19-16(20)22-10-12-5-3-4-8-18-12/h3-9H,2,10H2,1H3. The molecule has 0 radical (unpaired) electrons. The summed E-state index contributed by atoms with van der Waals surface area (Å²) in [5.41, 5.74) is 1.69. The number of hydrogen-bond acceptors (Lipinski definition) is 4. The van der Waals surface area contributed by atoms with E-state index in [1.54, 1.807) is 10.8 Å². The molecule has 2 aromatic heterocycles. The minimum atomic E-state index is -0.00248. The molecule has 0 unspecified atom stereocenters. The van der Waals surface area contributed by atoms with Gasteiger partial charge in [0.15, 0.2) is 5.16 Å². The van der Waals surface area contributed by atoms with Gasteiger partial charge in [-0.05, 0) is 37.3 Å². The van der Waals surface area contributed by atoms with Crippen LogP contribution in [0.1, 0.15) is 12.6 Å². The van der Waals surface area contributed by atoms with Crippen LogP contribution in [-0.4, -0.2) is 14.5 Å². The molecule has 0 aliphatic heterocycles. The molecule has 0 spiro atoms. The summed E-state index contributed by atoms with van der Waals surface area (Å²) >= 11 is 4.94. The summed E-state index contributed by atoms with van der Waals surface area (Å²) in [4.78, 5) is 21.6. The largest absolute Gasteiger partial charge is 0.287 e. The Kier molecular flexibility index (Phi) is 4.59. The molecule has 0 saturated carbocycles. The first-order valence-electron chi connectivity index (χ1n) is 6.92. The molecule has 0 aliphatic rings. The quantitative estimate of drug-likeness (QED) is 0.512. The molecule has 1 aromatic carbocycles. The highest BCUT2D eigenvalue weighted by Crippen LogP contribution is 2.22. The van der Waals surface area contributed by atoms with E-state index in [1.165, 1.54) is 11.8 Å². The van der Waals surface area contributed by atoms with Gasteiger partial charge in [0.25, 0.3) is 5.56 Å². The number of thioether (sulfide) groups is 1. The molecule has 0 atom stereocenters. The van der Waals surface area contributed by atoms with Crippen molar-refractivity contribution in [1.29, 1.82) is 0 Å². The van der Waals surface area contributed by atoms with Crippen molar-refractivity contribution < 1.29 is 0 Å². The number of nitrogens with zero attached hydrogens (tertiary/aromatic N) is 3. The summed E-state index contributed by atoms with van der Waals surface area (Å²) in [6.07, 6.45) is 1.77. The summed E-state index contributed by atoms with van der Waals surface area (Å²) < 4.78 is 2.60. The molecule has 3 rings (SSSR count). The van der Waals surface area contributed by atoms with E-state index in [-0.39, 0.29) is 5.56 Å². The highest BCUT2D eigenvalue weighted by molar-refractivity contribution is 9.10. The lowest BCUT2D eigenvalue weighted by molar-refractivity contribution is 0.634. The average Bonchev–Trinajstić information content (AvgIpc) is 2.55. The van der Waals surface area contributed by atoms with Crippen molar-refractivity contribution in [1.82, 2.24) is 14.5 Å². The highest BCUT2D eigenvalue weighted by atomic mass is 79.9. The molecule has 22 heavy (non-hydrogen) atoms. The Morgan fingerprint density at radius 2 is 2.14 bits per heavy atom. The molecule has 6 heteroatoms. The molecule has 0 bridgehead atoms. The minimum Gasteiger partial charge on any atom is -0.287 e. The number of aromatic nitrogens is 3. The number of halogens is 1. The van der Waals surface area contributed by atoms with Crippen LogP contribution in [0.5, 0.6) is 0 Å². The normalized spacial score (nSPS) is 11.0. The molecule has 0 aliphatic carbocycles. The van der Waals surface area contributed by atoms with Crippen LogP contribution < -0.4 is 5.56 Å². The molecule has 0 fully saturated rings. The van der Waals surface area contributed by atoms with Crippen LogP contribution in [0.4, 0.5) is 0 Å². The van der Waals surface area contributed by atoms with Crippen LogP contribution in [0.2, 0.25) is 0 Å². The minimum absolute atomic E-state index is 0.00248. The lowest BCUT2D eigenvalue weighted by atomic mass is 10.2. The van der Waals surface area contributed by atoms with E-state index in [0.29, 0.717) is 17.7 Å². The van der Waals surface area contributed by atoms with E-state index < -0.39 is 0 Å². The molecule has 112 valence electrons. The Morgan fingerprint density at radius 1 is 1.27 bits per heavy atom. The highest BCUT2D eigenvalue weighted by Gasteiger charge is 2.11. The zero-order valence-electron chi connectivity index (χ0n) is 12.0. The fourth-order valence-electron chi connectivity index (χ4n) is 2.18. The Bertz CT molecular complexity index is 864. The summed E-state index contributed by atoms with van der Waals surface area (Å²) in [5, 5.41) is 1.37. The van der Waals surface area contributed by atoms with E-state index in [1.807, 2.05) is 43.3 Å². The zero-order valence-corrected chi connectivity index (χ0v) is 14.4. The zero-order chi connectivity index (χ0) is 15.5. The predicted octanol–water partition coefficient (Wildman–Crippen LogP) is 3.87. The van der Waals surface area contributed by atoms with E-state index >= 15 is 0 Å². The Morgan fingerprint density at radius 3 is 2.86 bits per heavy atom. The molecule has 0 N–H and O–H groups in total. The van der Waals surface area contributed by atoms with Crippen LogP contribution in [0, 0.1) is 0 Å². The fourth-order valence-corrected chi connectivity index (χ4v) is 3.52. The van der Waals surface area contributed by atoms with Crippen LogP contribution >= 0.6 is 27.7 Å². The maximum atomic E-state index is 12.6. The predicted molar refractivity (Wildman–Crippen MR) is 93.2 cm³/mol. The van der Waals surface area contributed by atoms with E-state index in [9.17, 15) is 4.79 Å². The van der Waals surface area contributed by atoms with Gasteiger partial charge in [-0.3, -0.25) is 14.3 Å². The van der Waals surface area contributed by atoms with Crippen LogP contribution in [0.3, 0.4) is 0 Å². The Balaban J connectivity index is 2.01. The van der Waals surface area contributed by atoms with E-state index in [2.05, 4.69) is 25.9 Å². The second kappa shape index (κ2) is 6.62. The molecular weight excluding hydrogens is 362 g/mol. The molecule has 0 saturated heterocycles. The van der Waals surface area contributed by atoms with Gasteiger partial charge >= 0.3 is 0 Å². The van der Waals surface area contributed by atoms with Gasteiger partial charge in [0, 0.05) is 23.0 Å². The second-order valence-electron chi connectivity index (χ2n) is 4.72. The summed E-state index contributed by atoms with van der Waals surface area (Å²) in [5.74, 6) is 0.690. The van der Waals surface area contributed by atoms with Crippen molar-refractivity contribution in [3.63, 3.8) is 0 Å². The average molecular weight is 376 g/mol. The summed E-state index contributed by atoms with van der Waals surface area (Å²) in [7, 11) is 0. The van der Waals surface area contributed by atoms with Crippen molar-refractivity contribution >= 4 is 38.6 Å². The van der Waals surface area contributed by atoms with Gasteiger partial charge in [-0.2, -0.15) is 0 Å². The third-order valence-electron chi connectivity index (χ3n) is 3.27. The number of rotatable bonds is 4. The number of benzene rings is 1. The lowest BCUT2D eigenvalue weighted by Gasteiger charge is -2.11. The third kappa shape index (κ3) is 3.08. The first kappa shape index (κ1) is 15.2. The van der Waals surface area contributed by atoms with Gasteiger partial charge in [0.2, 0.25) is 0 Å². The molecule has 3 aromatic rings. The van der Waals surface area contributed by atoms with Crippen molar-refractivity contribution in [3.8, 4) is 0 Å². The van der Waals surface area contributed by atoms with E-state index in [4.69, 9.17) is 0 Å². The Labute approximate surface area is 140 Å². The van der Waals surface area contributed by atoms with Crippen LogP contribution in [0.15, 0.2) is 57.0 Å². The summed E-state index contributed by atoms with van der Waals surface area (Å²) in [6.45, 7) is 2.55. The SMILES string of the molecule is CCn1c(SCc2ccccn2)nc2ccc(Br)cc2c1=O. The van der Waals surface area contributed by atoms with Crippen molar-refractivity contribution in [2.75, 3.05) is 0 Å². The molecular formula is C16H14BrN3OS. The summed E-state index contributed by atoms with van der Waals surface area (Å²) in [6, 6.07) is 11.4. The van der Waals surface area contributed by atoms with Crippen LogP contribution in [0.25, 0.3) is 10.9 Å². The molecule has 4 nitrogen and oxygen atoms in total. The van der Waals surface area contributed by atoms with Gasteiger partial charge in [0.1, 0.15) is 0 Å². The fraction of sp³-hybridized carbons (Fsp3) is 0.188. The van der Waals surface area contributed by atoms with Gasteiger partial charge < -0.3 is 0 Å². The van der Waals surface area contributed by atoms with Gasteiger partial charge in [-0.25, -0.2) is 4.98 Å². The smallest absolute Gasteiger partial charge is 0.262 e. The monoisotopic (exact) mass is 375 g/mol. The van der Waals surface area contributed by atoms with Gasteiger partial charge in [-0.1, -0.05) is 33.8 Å². The second-order valence-corrected chi connectivity index (χ2v) is 6.57. The number of fused-ring (bicyclic) bond motifs is 1. The first-order valence-corrected chi connectivity index (χ1v) is 8.69. The number of pyridine rings is 1. The third-order valence-corrected chi connectivity index (χ3v) is 4.78. The Hall–Kier alpha value is -1.66. The van der Waals surface area contributed by atoms with Crippen molar-refractivity contribution in [2.45, 2.75) is 24.4 Å². The maximum Gasteiger partial charge on any atom is 0.262 e. The first-order chi connectivity index (χ1) is 10.7. The van der Waals surface area contributed by atoms with Gasteiger partial charge in [0.05, 0.1) is 16.6 Å². The lowest BCUT2D eigenvalue weighted by Crippen LogP contribution is -2.22. The number of hydrogen-bond donors (Lipinski definition) is 0.